The first kappa shape index (κ1) is 21.9. The standard InChI is InChI=1S/C20H33N3O.ClH/c1-3-9-19(21)20(24)22-14-16-10-7-8-11-17(16)15-23(2)18-12-5-4-6-13-18;/h7-8,10-11,18-19H,3-6,9,12-15,21H2,1-2H3,(H,22,24);1H. The van der Waals surface area contributed by atoms with Gasteiger partial charge in [-0.2, -0.15) is 0 Å². The summed E-state index contributed by atoms with van der Waals surface area (Å²) in [6.45, 7) is 3.55. The number of carbonyl (C=O) groups is 1. The molecular weight excluding hydrogens is 334 g/mol. The van der Waals surface area contributed by atoms with Crippen LogP contribution in [-0.2, 0) is 17.9 Å². The van der Waals surface area contributed by atoms with Gasteiger partial charge >= 0.3 is 0 Å². The zero-order chi connectivity index (χ0) is 17.4. The molecule has 3 N–H and O–H groups in total. The van der Waals surface area contributed by atoms with E-state index in [2.05, 4.69) is 35.5 Å². The molecule has 0 aliphatic heterocycles. The van der Waals surface area contributed by atoms with Crippen molar-refractivity contribution in [2.75, 3.05) is 7.05 Å². The molecule has 1 aliphatic carbocycles. The van der Waals surface area contributed by atoms with Crippen LogP contribution >= 0.6 is 12.4 Å². The summed E-state index contributed by atoms with van der Waals surface area (Å²) < 4.78 is 0. The highest BCUT2D eigenvalue weighted by Gasteiger charge is 2.19. The van der Waals surface area contributed by atoms with E-state index in [1.54, 1.807) is 0 Å². The summed E-state index contributed by atoms with van der Waals surface area (Å²) in [7, 11) is 2.22. The summed E-state index contributed by atoms with van der Waals surface area (Å²) in [5, 5.41) is 2.99. The van der Waals surface area contributed by atoms with Crippen LogP contribution in [0.3, 0.4) is 0 Å². The third-order valence-electron chi connectivity index (χ3n) is 5.13. The first-order valence-electron chi connectivity index (χ1n) is 9.42. The van der Waals surface area contributed by atoms with E-state index in [1.165, 1.54) is 43.2 Å². The molecule has 0 heterocycles. The average Bonchev–Trinajstić information content (AvgIpc) is 2.61. The lowest BCUT2D eigenvalue weighted by atomic mass is 9.94. The number of benzene rings is 1. The second kappa shape index (κ2) is 11.5. The quantitative estimate of drug-likeness (QED) is 0.737. The van der Waals surface area contributed by atoms with E-state index < -0.39 is 6.04 Å². The van der Waals surface area contributed by atoms with Crippen molar-refractivity contribution in [3.05, 3.63) is 35.4 Å². The first-order valence-corrected chi connectivity index (χ1v) is 9.42. The van der Waals surface area contributed by atoms with E-state index >= 15 is 0 Å². The summed E-state index contributed by atoms with van der Waals surface area (Å²) in [5.74, 6) is -0.0488. The molecule has 5 heteroatoms. The van der Waals surface area contributed by atoms with Crippen LogP contribution in [0.1, 0.15) is 63.0 Å². The first-order chi connectivity index (χ1) is 11.6. The van der Waals surface area contributed by atoms with Gasteiger partial charge in [0.1, 0.15) is 0 Å². The van der Waals surface area contributed by atoms with Crippen molar-refractivity contribution < 1.29 is 4.79 Å². The van der Waals surface area contributed by atoms with Crippen LogP contribution in [0.4, 0.5) is 0 Å². The number of halogens is 1. The number of nitrogens with two attached hydrogens (primary N) is 1. The fourth-order valence-electron chi connectivity index (χ4n) is 3.56. The third-order valence-corrected chi connectivity index (χ3v) is 5.13. The van der Waals surface area contributed by atoms with Crippen molar-refractivity contribution in [2.24, 2.45) is 5.73 Å². The van der Waals surface area contributed by atoms with Crippen LogP contribution in [0.5, 0.6) is 0 Å². The topological polar surface area (TPSA) is 58.4 Å². The predicted molar refractivity (Wildman–Crippen MR) is 107 cm³/mol. The van der Waals surface area contributed by atoms with Gasteiger partial charge in [-0.05, 0) is 37.4 Å². The van der Waals surface area contributed by atoms with Crippen molar-refractivity contribution in [3.63, 3.8) is 0 Å². The largest absolute Gasteiger partial charge is 0.351 e. The van der Waals surface area contributed by atoms with E-state index in [9.17, 15) is 4.79 Å². The molecule has 1 aliphatic rings. The van der Waals surface area contributed by atoms with Gasteiger partial charge in [-0.15, -0.1) is 12.4 Å². The highest BCUT2D eigenvalue weighted by molar-refractivity contribution is 5.85. The maximum absolute atomic E-state index is 12.0. The lowest BCUT2D eigenvalue weighted by molar-refractivity contribution is -0.122. The van der Waals surface area contributed by atoms with Crippen molar-refractivity contribution in [2.45, 2.75) is 77.0 Å². The van der Waals surface area contributed by atoms with Gasteiger partial charge in [0.25, 0.3) is 0 Å². The number of nitrogens with zero attached hydrogens (tertiary/aromatic N) is 1. The Balaban J connectivity index is 0.00000312. The fraction of sp³-hybridized carbons (Fsp3) is 0.650. The number of hydrogen-bond acceptors (Lipinski definition) is 3. The minimum Gasteiger partial charge on any atom is -0.351 e. The number of amides is 1. The molecule has 0 saturated heterocycles. The molecule has 1 aromatic rings. The molecular formula is C20H34ClN3O. The summed E-state index contributed by atoms with van der Waals surface area (Å²) in [4.78, 5) is 14.5. The molecule has 4 nitrogen and oxygen atoms in total. The Morgan fingerprint density at radius 2 is 1.88 bits per heavy atom. The third kappa shape index (κ3) is 6.96. The fourth-order valence-corrected chi connectivity index (χ4v) is 3.56. The summed E-state index contributed by atoms with van der Waals surface area (Å²) in [5.41, 5.74) is 8.38. The van der Waals surface area contributed by atoms with Crippen molar-refractivity contribution in [3.8, 4) is 0 Å². The second-order valence-electron chi connectivity index (χ2n) is 7.09. The Bertz CT molecular complexity index is 517. The van der Waals surface area contributed by atoms with Crippen LogP contribution in [-0.4, -0.2) is 29.9 Å². The lowest BCUT2D eigenvalue weighted by Crippen LogP contribution is -2.40. The maximum atomic E-state index is 12.0. The van der Waals surface area contributed by atoms with E-state index in [1.807, 2.05) is 13.0 Å². The maximum Gasteiger partial charge on any atom is 0.237 e. The SMILES string of the molecule is CCCC(N)C(=O)NCc1ccccc1CN(C)C1CCCCC1.Cl. The van der Waals surface area contributed by atoms with Crippen molar-refractivity contribution in [1.29, 1.82) is 0 Å². The van der Waals surface area contributed by atoms with Gasteiger partial charge in [-0.25, -0.2) is 0 Å². The second-order valence-corrected chi connectivity index (χ2v) is 7.09. The minimum atomic E-state index is -0.396. The Morgan fingerprint density at radius 3 is 2.52 bits per heavy atom. The van der Waals surface area contributed by atoms with E-state index in [-0.39, 0.29) is 18.3 Å². The summed E-state index contributed by atoms with van der Waals surface area (Å²) >= 11 is 0. The molecule has 1 atom stereocenters. The number of hydrogen-bond donors (Lipinski definition) is 2. The van der Waals surface area contributed by atoms with Crippen molar-refractivity contribution in [1.82, 2.24) is 10.2 Å². The van der Waals surface area contributed by atoms with Gasteiger partial charge in [0, 0.05) is 19.1 Å². The van der Waals surface area contributed by atoms with Crippen LogP contribution in [0.15, 0.2) is 24.3 Å². The predicted octanol–water partition coefficient (Wildman–Crippen LogP) is 3.62. The number of rotatable bonds is 8. The van der Waals surface area contributed by atoms with Gasteiger partial charge in [-0.1, -0.05) is 56.9 Å². The number of nitrogens with one attached hydrogen (secondary N) is 1. The van der Waals surface area contributed by atoms with Gasteiger partial charge in [-0.3, -0.25) is 9.69 Å². The van der Waals surface area contributed by atoms with E-state index in [0.717, 1.165) is 19.4 Å². The van der Waals surface area contributed by atoms with Gasteiger partial charge in [0.05, 0.1) is 6.04 Å². The van der Waals surface area contributed by atoms with Crippen LogP contribution in [0.2, 0.25) is 0 Å². The Morgan fingerprint density at radius 1 is 1.24 bits per heavy atom. The van der Waals surface area contributed by atoms with Gasteiger partial charge in [0.2, 0.25) is 5.91 Å². The Labute approximate surface area is 158 Å². The molecule has 1 aromatic carbocycles. The van der Waals surface area contributed by atoms with E-state index in [0.29, 0.717) is 12.6 Å². The summed E-state index contributed by atoms with van der Waals surface area (Å²) in [6.07, 6.45) is 8.35. The van der Waals surface area contributed by atoms with Crippen LogP contribution < -0.4 is 11.1 Å². The molecule has 1 amide bonds. The molecule has 2 rings (SSSR count). The van der Waals surface area contributed by atoms with Crippen molar-refractivity contribution >= 4 is 18.3 Å². The van der Waals surface area contributed by atoms with Crippen LogP contribution in [0.25, 0.3) is 0 Å². The molecule has 142 valence electrons. The Hall–Kier alpha value is -1.10. The van der Waals surface area contributed by atoms with Gasteiger partial charge < -0.3 is 11.1 Å². The molecule has 0 bridgehead atoms. The Kier molecular flexibility index (Phi) is 10.1. The minimum absolute atomic E-state index is 0. The molecule has 1 fully saturated rings. The molecule has 0 spiro atoms. The average molecular weight is 368 g/mol. The summed E-state index contributed by atoms with van der Waals surface area (Å²) in [6, 6.07) is 8.70. The molecule has 25 heavy (non-hydrogen) atoms. The molecule has 1 saturated carbocycles. The van der Waals surface area contributed by atoms with E-state index in [4.69, 9.17) is 5.73 Å². The molecule has 0 aromatic heterocycles. The smallest absolute Gasteiger partial charge is 0.237 e. The molecule has 0 radical (unpaired) electrons. The van der Waals surface area contributed by atoms with Crippen LogP contribution in [0, 0.1) is 0 Å². The normalized spacial score (nSPS) is 16.3. The zero-order valence-corrected chi connectivity index (χ0v) is 16.5. The zero-order valence-electron chi connectivity index (χ0n) is 15.7. The highest BCUT2D eigenvalue weighted by atomic mass is 35.5. The number of carbonyl (C=O) groups excluding carboxylic acids is 1. The lowest BCUT2D eigenvalue weighted by Gasteiger charge is -2.31. The molecule has 1 unspecified atom stereocenters. The van der Waals surface area contributed by atoms with Gasteiger partial charge in [0.15, 0.2) is 0 Å². The highest BCUT2D eigenvalue weighted by Crippen LogP contribution is 2.23. The monoisotopic (exact) mass is 367 g/mol.